The number of tetrazole rings is 1. The molecule has 4 aromatic rings. The van der Waals surface area contributed by atoms with Gasteiger partial charge in [-0.15, -0.1) is 16.4 Å². The maximum Gasteiger partial charge on any atom is 0.512 e. The predicted octanol–water partition coefficient (Wildman–Crippen LogP) is 7.64. The third kappa shape index (κ3) is 7.74. The molecule has 1 aliphatic heterocycles. The summed E-state index contributed by atoms with van der Waals surface area (Å²) >= 11 is 0.952. The minimum atomic E-state index is -5.12. The van der Waals surface area contributed by atoms with E-state index in [1.165, 1.54) is 18.0 Å². The second-order valence-corrected chi connectivity index (χ2v) is 11.9. The van der Waals surface area contributed by atoms with Gasteiger partial charge in [-0.2, -0.15) is 44.3 Å². The topological polar surface area (TPSA) is 110 Å². The minimum absolute atomic E-state index is 0.00136. The zero-order valence-corrected chi connectivity index (χ0v) is 25.6. The SMILES string of the molecule is Cc1nc2c(cc1C(F)(F)F)N(Cc1ccc(OC(=O)O)s1)CCCC2N(Cc1cc(C(F)(F)F)cc(C(F)(F)F)c1)c1nnn(C)n1. The fraction of sp³-hybridized carbons (Fsp3) is 0.393. The van der Waals surface area contributed by atoms with Crippen molar-refractivity contribution in [3.05, 3.63) is 74.9 Å². The van der Waals surface area contributed by atoms with Crippen molar-refractivity contribution in [1.82, 2.24) is 25.2 Å². The normalized spacial score (nSPS) is 15.6. The van der Waals surface area contributed by atoms with Gasteiger partial charge in [-0.3, -0.25) is 4.98 Å². The summed E-state index contributed by atoms with van der Waals surface area (Å²) in [6.07, 6.45) is -16.2. The average Bonchev–Trinajstić information content (AvgIpc) is 3.55. The Balaban J connectivity index is 1.64. The highest BCUT2D eigenvalue weighted by molar-refractivity contribution is 7.13. The van der Waals surface area contributed by atoms with Crippen LogP contribution in [-0.2, 0) is 38.7 Å². The molecule has 258 valence electrons. The van der Waals surface area contributed by atoms with Crippen LogP contribution in [0.5, 0.6) is 5.06 Å². The smallest absolute Gasteiger partial charge is 0.449 e. The van der Waals surface area contributed by atoms with Gasteiger partial charge in [0.2, 0.25) is 0 Å². The quantitative estimate of drug-likeness (QED) is 0.153. The highest BCUT2D eigenvalue weighted by Gasteiger charge is 2.40. The molecular formula is C28H24F9N7O3S. The number of nitrogens with zero attached hydrogens (tertiary/aromatic N) is 7. The van der Waals surface area contributed by atoms with Gasteiger partial charge in [0.25, 0.3) is 5.95 Å². The number of halogens is 9. The number of aryl methyl sites for hydroxylation is 2. The summed E-state index contributed by atoms with van der Waals surface area (Å²) in [5.74, 6) is -0.207. The van der Waals surface area contributed by atoms with Gasteiger partial charge >= 0.3 is 24.7 Å². The van der Waals surface area contributed by atoms with E-state index in [0.717, 1.165) is 29.1 Å². The molecule has 0 spiro atoms. The van der Waals surface area contributed by atoms with Crippen molar-refractivity contribution in [1.29, 1.82) is 0 Å². The molecule has 0 saturated carbocycles. The van der Waals surface area contributed by atoms with Crippen molar-refractivity contribution in [3.8, 4) is 5.06 Å². The number of hydrogen-bond donors (Lipinski definition) is 1. The molecule has 1 unspecified atom stereocenters. The number of thiophene rings is 1. The van der Waals surface area contributed by atoms with Crippen LogP contribution >= 0.6 is 11.3 Å². The Labute approximate surface area is 269 Å². The number of aromatic nitrogens is 5. The number of rotatable bonds is 7. The Morgan fingerprint density at radius 3 is 2.25 bits per heavy atom. The molecule has 1 atom stereocenters. The second kappa shape index (κ2) is 12.8. The van der Waals surface area contributed by atoms with Crippen molar-refractivity contribution >= 4 is 29.1 Å². The van der Waals surface area contributed by atoms with Crippen LogP contribution in [0, 0.1) is 6.92 Å². The van der Waals surface area contributed by atoms with E-state index in [-0.39, 0.29) is 54.4 Å². The molecule has 5 rings (SSSR count). The number of pyridine rings is 1. The zero-order valence-electron chi connectivity index (χ0n) is 24.8. The summed E-state index contributed by atoms with van der Waals surface area (Å²) in [5.41, 5.74) is -4.92. The van der Waals surface area contributed by atoms with Crippen LogP contribution in [0.15, 0.2) is 36.4 Å². The van der Waals surface area contributed by atoms with E-state index < -0.39 is 65.2 Å². The number of carboxylic acid groups (broad SMARTS) is 1. The monoisotopic (exact) mass is 709 g/mol. The van der Waals surface area contributed by atoms with E-state index in [2.05, 4.69) is 25.1 Å². The summed E-state index contributed by atoms with van der Waals surface area (Å²) in [6, 6.07) is 3.90. The fourth-order valence-corrected chi connectivity index (χ4v) is 6.25. The first-order chi connectivity index (χ1) is 22.3. The van der Waals surface area contributed by atoms with Gasteiger partial charge < -0.3 is 19.6 Å². The van der Waals surface area contributed by atoms with Crippen LogP contribution in [0.4, 0.5) is 55.9 Å². The van der Waals surface area contributed by atoms with Crippen molar-refractivity contribution < 1.29 is 54.2 Å². The summed E-state index contributed by atoms with van der Waals surface area (Å²) in [5, 5.41) is 20.7. The molecule has 10 nitrogen and oxygen atoms in total. The Morgan fingerprint density at radius 2 is 1.69 bits per heavy atom. The fourth-order valence-electron chi connectivity index (χ4n) is 5.39. The summed E-state index contributed by atoms with van der Waals surface area (Å²) in [4.78, 5) is 19.7. The molecule has 1 aliphatic rings. The van der Waals surface area contributed by atoms with E-state index in [9.17, 15) is 44.3 Å². The molecule has 4 heterocycles. The molecule has 0 aliphatic carbocycles. The maximum absolute atomic E-state index is 14.1. The first kappa shape index (κ1) is 34.7. The summed E-state index contributed by atoms with van der Waals surface area (Å²) < 4.78 is 129. The molecule has 0 bridgehead atoms. The zero-order chi connectivity index (χ0) is 35.2. The van der Waals surface area contributed by atoms with Gasteiger partial charge in [0.15, 0.2) is 5.06 Å². The lowest BCUT2D eigenvalue weighted by Gasteiger charge is -2.32. The highest BCUT2D eigenvalue weighted by atomic mass is 32.1. The summed E-state index contributed by atoms with van der Waals surface area (Å²) in [7, 11) is 1.38. The third-order valence-electron chi connectivity index (χ3n) is 7.39. The van der Waals surface area contributed by atoms with Crippen LogP contribution < -0.4 is 14.5 Å². The van der Waals surface area contributed by atoms with E-state index >= 15 is 0 Å². The Hall–Kier alpha value is -4.62. The Kier molecular flexibility index (Phi) is 9.23. The highest BCUT2D eigenvalue weighted by Crippen LogP contribution is 2.43. The van der Waals surface area contributed by atoms with Gasteiger partial charge in [-0.25, -0.2) is 4.79 Å². The number of benzene rings is 1. The van der Waals surface area contributed by atoms with Crippen molar-refractivity contribution in [2.45, 2.75) is 57.4 Å². The van der Waals surface area contributed by atoms with Crippen LogP contribution in [0.3, 0.4) is 0 Å². The molecular weight excluding hydrogens is 685 g/mol. The molecule has 1 N–H and O–H groups in total. The molecule has 48 heavy (non-hydrogen) atoms. The average molecular weight is 710 g/mol. The lowest BCUT2D eigenvalue weighted by molar-refractivity contribution is -0.143. The summed E-state index contributed by atoms with van der Waals surface area (Å²) in [6.45, 7) is 0.673. The van der Waals surface area contributed by atoms with Crippen molar-refractivity contribution in [2.24, 2.45) is 7.05 Å². The lowest BCUT2D eigenvalue weighted by atomic mass is 10.0. The number of ether oxygens (including phenoxy) is 1. The first-order valence-electron chi connectivity index (χ1n) is 13.9. The predicted molar refractivity (Wildman–Crippen MR) is 151 cm³/mol. The molecule has 0 fully saturated rings. The van der Waals surface area contributed by atoms with E-state index in [0.29, 0.717) is 17.0 Å². The molecule has 1 aromatic carbocycles. The second-order valence-electron chi connectivity index (χ2n) is 10.8. The number of alkyl halides is 9. The van der Waals surface area contributed by atoms with Gasteiger partial charge in [0.1, 0.15) is 0 Å². The first-order valence-corrected chi connectivity index (χ1v) is 14.7. The van der Waals surface area contributed by atoms with Crippen LogP contribution in [-0.4, -0.2) is 43.0 Å². The van der Waals surface area contributed by atoms with Crippen LogP contribution in [0.1, 0.15) is 57.4 Å². The Morgan fingerprint density at radius 1 is 1.02 bits per heavy atom. The van der Waals surface area contributed by atoms with Crippen LogP contribution in [0.2, 0.25) is 0 Å². The van der Waals surface area contributed by atoms with E-state index in [4.69, 9.17) is 5.11 Å². The van der Waals surface area contributed by atoms with Crippen LogP contribution in [0.25, 0.3) is 0 Å². The maximum atomic E-state index is 14.1. The van der Waals surface area contributed by atoms with Gasteiger partial charge in [0.05, 0.1) is 53.4 Å². The minimum Gasteiger partial charge on any atom is -0.449 e. The lowest BCUT2D eigenvalue weighted by Crippen LogP contribution is -2.31. The third-order valence-corrected chi connectivity index (χ3v) is 8.34. The molecule has 3 aromatic heterocycles. The molecule has 20 heteroatoms. The number of hydrogen-bond acceptors (Lipinski definition) is 9. The van der Waals surface area contributed by atoms with Crippen molar-refractivity contribution in [3.63, 3.8) is 0 Å². The van der Waals surface area contributed by atoms with Crippen molar-refractivity contribution in [2.75, 3.05) is 16.3 Å². The largest absolute Gasteiger partial charge is 0.512 e. The van der Waals surface area contributed by atoms with Gasteiger partial charge in [0, 0.05) is 18.0 Å². The molecule has 0 saturated heterocycles. The van der Waals surface area contributed by atoms with E-state index in [1.807, 2.05) is 0 Å². The van der Waals surface area contributed by atoms with Gasteiger partial charge in [-0.05, 0) is 66.9 Å². The Bertz CT molecular complexity index is 1770. The molecule has 0 amide bonds. The number of carbonyl (C=O) groups is 1. The number of anilines is 2. The van der Waals surface area contributed by atoms with Gasteiger partial charge in [-0.1, -0.05) is 5.10 Å². The number of fused-ring (bicyclic) bond motifs is 1. The standard InChI is InChI=1S/C28H24F9N7O3S/c1-14-19(28(35,36)37)11-21-23(38-14)20(4-3-7-43(21)13-18-5-6-22(48-18)47-25(45)46)44(24-39-41-42(2)40-24)12-15-8-16(26(29,30)31)10-17(9-15)27(32,33)34/h5-6,8-11,20H,3-4,7,12-13H2,1-2H3,(H,45,46). The van der Waals surface area contributed by atoms with E-state index in [1.54, 1.807) is 11.0 Å². The molecule has 0 radical (unpaired) electrons.